The Kier molecular flexibility index (Phi) is 5.73. The van der Waals surface area contributed by atoms with Crippen LogP contribution in [0.15, 0.2) is 18.2 Å². The van der Waals surface area contributed by atoms with Crippen LogP contribution in [0.25, 0.3) is 0 Å². The summed E-state index contributed by atoms with van der Waals surface area (Å²) >= 11 is 0. The smallest absolute Gasteiger partial charge is 0.261 e. The van der Waals surface area contributed by atoms with E-state index >= 15 is 0 Å². The van der Waals surface area contributed by atoms with Crippen LogP contribution in [0.4, 0.5) is 0 Å². The number of carbonyl (C=O) groups excluding carboxylic acids is 3. The Labute approximate surface area is 172 Å². The standard InChI is InChI=1S/C22H29NO5S/c1-22(2,3)29(27,28)13-14-5-8-16(9-6-14)19(24)12-15-7-10-17-18(11-15)21(26)23(4)20(17)25/h7,10-11,14,16H,5-6,8-9,12-13H2,1-4H3. The minimum atomic E-state index is -3.15. The first-order valence-electron chi connectivity index (χ1n) is 10.1. The van der Waals surface area contributed by atoms with E-state index < -0.39 is 14.6 Å². The normalized spacial score (nSPS) is 22.7. The molecule has 1 heterocycles. The third kappa shape index (κ3) is 4.29. The predicted molar refractivity (Wildman–Crippen MR) is 111 cm³/mol. The Morgan fingerprint density at radius 1 is 1.03 bits per heavy atom. The van der Waals surface area contributed by atoms with E-state index in [9.17, 15) is 22.8 Å². The average molecular weight is 420 g/mol. The van der Waals surface area contributed by atoms with Crippen LogP contribution in [0, 0.1) is 11.8 Å². The number of nitrogens with zero attached hydrogens (tertiary/aromatic N) is 1. The molecule has 158 valence electrons. The van der Waals surface area contributed by atoms with Gasteiger partial charge in [-0.15, -0.1) is 0 Å². The van der Waals surface area contributed by atoms with Gasteiger partial charge in [-0.25, -0.2) is 8.42 Å². The molecule has 0 atom stereocenters. The lowest BCUT2D eigenvalue weighted by Crippen LogP contribution is -2.35. The molecule has 2 aliphatic rings. The summed E-state index contributed by atoms with van der Waals surface area (Å²) in [6, 6.07) is 5.01. The molecule has 0 aromatic heterocycles. The number of rotatable bonds is 5. The SMILES string of the molecule is CN1C(=O)c2ccc(CC(=O)C3CCC(CS(=O)(=O)C(C)(C)C)CC3)cc2C1=O. The molecule has 7 heteroatoms. The maximum absolute atomic E-state index is 12.7. The van der Waals surface area contributed by atoms with E-state index in [0.717, 1.165) is 23.3 Å². The van der Waals surface area contributed by atoms with Crippen LogP contribution in [-0.2, 0) is 21.1 Å². The molecule has 1 aliphatic carbocycles. The van der Waals surface area contributed by atoms with Crippen LogP contribution < -0.4 is 0 Å². The highest BCUT2D eigenvalue weighted by Gasteiger charge is 2.35. The lowest BCUT2D eigenvalue weighted by atomic mass is 9.79. The number of fused-ring (bicyclic) bond motifs is 1. The molecule has 2 amide bonds. The fourth-order valence-corrected chi connectivity index (χ4v) is 5.53. The maximum atomic E-state index is 12.7. The molecule has 0 radical (unpaired) electrons. The molecule has 6 nitrogen and oxygen atoms in total. The molecule has 29 heavy (non-hydrogen) atoms. The van der Waals surface area contributed by atoms with E-state index in [1.54, 1.807) is 39.0 Å². The summed E-state index contributed by atoms with van der Waals surface area (Å²) in [7, 11) is -1.70. The third-order valence-electron chi connectivity index (χ3n) is 6.22. The lowest BCUT2D eigenvalue weighted by molar-refractivity contribution is -0.123. The van der Waals surface area contributed by atoms with Crippen LogP contribution in [0.3, 0.4) is 0 Å². The topological polar surface area (TPSA) is 88.6 Å². The summed E-state index contributed by atoms with van der Waals surface area (Å²) in [6.07, 6.45) is 3.12. The largest absolute Gasteiger partial charge is 0.299 e. The van der Waals surface area contributed by atoms with Crippen molar-refractivity contribution in [3.05, 3.63) is 34.9 Å². The highest BCUT2D eigenvalue weighted by Crippen LogP contribution is 2.33. The van der Waals surface area contributed by atoms with E-state index in [1.807, 2.05) is 0 Å². The van der Waals surface area contributed by atoms with Gasteiger partial charge in [0.2, 0.25) is 0 Å². The number of carbonyl (C=O) groups is 3. The highest BCUT2D eigenvalue weighted by molar-refractivity contribution is 7.92. The summed E-state index contributed by atoms with van der Waals surface area (Å²) < 4.78 is 24.1. The van der Waals surface area contributed by atoms with Gasteiger partial charge in [-0.05, 0) is 70.1 Å². The van der Waals surface area contributed by atoms with Crippen LogP contribution >= 0.6 is 0 Å². The van der Waals surface area contributed by atoms with E-state index in [4.69, 9.17) is 0 Å². The lowest BCUT2D eigenvalue weighted by Gasteiger charge is -2.30. The second-order valence-corrected chi connectivity index (χ2v) is 12.1. The monoisotopic (exact) mass is 419 g/mol. The number of amides is 2. The predicted octanol–water partition coefficient (Wildman–Crippen LogP) is 3.04. The van der Waals surface area contributed by atoms with Crippen molar-refractivity contribution < 1.29 is 22.8 Å². The quantitative estimate of drug-likeness (QED) is 0.685. The van der Waals surface area contributed by atoms with E-state index in [2.05, 4.69) is 0 Å². The first-order valence-corrected chi connectivity index (χ1v) is 11.8. The molecule has 0 unspecified atom stereocenters. The minimum absolute atomic E-state index is 0.0724. The summed E-state index contributed by atoms with van der Waals surface area (Å²) in [5.74, 6) is -0.302. The van der Waals surface area contributed by atoms with Gasteiger partial charge in [0, 0.05) is 19.4 Å². The number of Topliss-reactive ketones (excluding diaryl/α,β-unsaturated/α-hetero) is 1. The van der Waals surface area contributed by atoms with Gasteiger partial charge >= 0.3 is 0 Å². The third-order valence-corrected chi connectivity index (χ3v) is 9.00. The summed E-state index contributed by atoms with van der Waals surface area (Å²) in [6.45, 7) is 5.18. The van der Waals surface area contributed by atoms with Gasteiger partial charge in [0.25, 0.3) is 11.8 Å². The van der Waals surface area contributed by atoms with Crippen molar-refractivity contribution in [2.45, 2.75) is 57.6 Å². The molecular weight excluding hydrogens is 390 g/mol. The number of hydrogen-bond donors (Lipinski definition) is 0. The molecule has 1 aliphatic heterocycles. The Morgan fingerprint density at radius 3 is 2.21 bits per heavy atom. The summed E-state index contributed by atoms with van der Waals surface area (Å²) in [5, 5.41) is 0. The number of ketones is 1. The summed E-state index contributed by atoms with van der Waals surface area (Å²) in [5.41, 5.74) is 1.48. The number of hydrogen-bond acceptors (Lipinski definition) is 5. The van der Waals surface area contributed by atoms with Crippen molar-refractivity contribution in [2.24, 2.45) is 11.8 Å². The first kappa shape index (κ1) is 21.7. The number of benzene rings is 1. The van der Waals surface area contributed by atoms with E-state index in [0.29, 0.717) is 24.0 Å². The van der Waals surface area contributed by atoms with Gasteiger partial charge in [0.1, 0.15) is 5.78 Å². The zero-order valence-corrected chi connectivity index (χ0v) is 18.3. The molecular formula is C22H29NO5S. The molecule has 0 saturated heterocycles. The van der Waals surface area contributed by atoms with Crippen molar-refractivity contribution >= 4 is 27.4 Å². The maximum Gasteiger partial charge on any atom is 0.261 e. The minimum Gasteiger partial charge on any atom is -0.299 e. The molecule has 0 N–H and O–H groups in total. The Balaban J connectivity index is 1.59. The van der Waals surface area contributed by atoms with Gasteiger partial charge in [-0.1, -0.05) is 6.07 Å². The highest BCUT2D eigenvalue weighted by atomic mass is 32.2. The van der Waals surface area contributed by atoms with Gasteiger partial charge in [-0.2, -0.15) is 0 Å². The Bertz CT molecular complexity index is 950. The van der Waals surface area contributed by atoms with Crippen LogP contribution in [0.5, 0.6) is 0 Å². The first-order chi connectivity index (χ1) is 13.4. The second-order valence-electron chi connectivity index (χ2n) is 9.30. The van der Waals surface area contributed by atoms with Crippen molar-refractivity contribution in [1.29, 1.82) is 0 Å². The Hall–Kier alpha value is -2.02. The fraction of sp³-hybridized carbons (Fsp3) is 0.591. The Morgan fingerprint density at radius 2 is 1.62 bits per heavy atom. The molecule has 0 spiro atoms. The van der Waals surface area contributed by atoms with Gasteiger partial charge in [0.15, 0.2) is 9.84 Å². The zero-order chi connectivity index (χ0) is 21.6. The van der Waals surface area contributed by atoms with Crippen LogP contribution in [-0.4, -0.2) is 48.5 Å². The summed E-state index contributed by atoms with van der Waals surface area (Å²) in [4.78, 5) is 37.9. The molecule has 0 bridgehead atoms. The molecule has 1 aromatic carbocycles. The molecule has 3 rings (SSSR count). The fourth-order valence-electron chi connectivity index (χ4n) is 4.08. The van der Waals surface area contributed by atoms with Crippen molar-refractivity contribution in [3.8, 4) is 0 Å². The number of sulfone groups is 1. The van der Waals surface area contributed by atoms with E-state index in [1.165, 1.54) is 7.05 Å². The van der Waals surface area contributed by atoms with Crippen molar-refractivity contribution in [2.75, 3.05) is 12.8 Å². The second kappa shape index (κ2) is 7.67. The van der Waals surface area contributed by atoms with Gasteiger partial charge < -0.3 is 0 Å². The average Bonchev–Trinajstić information content (AvgIpc) is 2.85. The zero-order valence-electron chi connectivity index (χ0n) is 17.5. The van der Waals surface area contributed by atoms with Gasteiger partial charge in [0.05, 0.1) is 21.6 Å². The van der Waals surface area contributed by atoms with E-state index in [-0.39, 0.29) is 41.6 Å². The molecule has 1 saturated carbocycles. The van der Waals surface area contributed by atoms with Crippen LogP contribution in [0.2, 0.25) is 0 Å². The number of imide groups is 1. The molecule has 1 fully saturated rings. The molecule has 1 aromatic rings. The van der Waals surface area contributed by atoms with Crippen LogP contribution in [0.1, 0.15) is 72.7 Å². The van der Waals surface area contributed by atoms with Crippen molar-refractivity contribution in [1.82, 2.24) is 4.90 Å². The van der Waals surface area contributed by atoms with Gasteiger partial charge in [-0.3, -0.25) is 19.3 Å². The van der Waals surface area contributed by atoms with Crippen molar-refractivity contribution in [3.63, 3.8) is 0 Å².